The fourth-order valence-corrected chi connectivity index (χ4v) is 3.53. The van der Waals surface area contributed by atoms with Gasteiger partial charge >= 0.3 is 0 Å². The highest BCUT2D eigenvalue weighted by Gasteiger charge is 2.19. The number of nitrogens with one attached hydrogen (secondary N) is 2. The highest BCUT2D eigenvalue weighted by atomic mass is 35.5. The number of rotatable bonds is 4. The maximum absolute atomic E-state index is 6.17. The van der Waals surface area contributed by atoms with Gasteiger partial charge in [0.1, 0.15) is 11.0 Å². The topological polar surface area (TPSA) is 62.3 Å². The van der Waals surface area contributed by atoms with Crippen LogP contribution in [0.3, 0.4) is 0 Å². The lowest BCUT2D eigenvalue weighted by Gasteiger charge is -2.32. The van der Waals surface area contributed by atoms with Crippen molar-refractivity contribution in [3.8, 4) is 0 Å². The molecule has 2 aliphatic heterocycles. The first-order chi connectivity index (χ1) is 11.6. The minimum atomic E-state index is 0.232. The molecule has 132 valence electrons. The Bertz CT molecular complexity index is 582. The molecule has 0 amide bonds. The zero-order valence-electron chi connectivity index (χ0n) is 13.9. The van der Waals surface area contributed by atoms with Gasteiger partial charge in [0.2, 0.25) is 5.95 Å². The van der Waals surface area contributed by atoms with E-state index in [4.69, 9.17) is 28.6 Å². The number of thiocarbonyl (C=S) groups is 1. The molecule has 6 nitrogen and oxygen atoms in total. The van der Waals surface area contributed by atoms with E-state index < -0.39 is 0 Å². The highest BCUT2D eigenvalue weighted by molar-refractivity contribution is 7.80. The molecule has 2 N–H and O–H groups in total. The van der Waals surface area contributed by atoms with Crippen LogP contribution in [0.2, 0.25) is 5.15 Å². The molecule has 3 rings (SSSR count). The monoisotopic (exact) mass is 369 g/mol. The summed E-state index contributed by atoms with van der Waals surface area (Å²) < 4.78 is 5.57. The predicted octanol–water partition coefficient (Wildman–Crippen LogP) is 2.83. The summed E-state index contributed by atoms with van der Waals surface area (Å²) in [6.45, 7) is 5.79. The first-order valence-corrected chi connectivity index (χ1v) is 9.35. The SMILES string of the molecule is C[C@@H]1CCCN(c2cc(Cl)nc(NC(=S)NC[C@@H]3CCCO3)n2)C1. The van der Waals surface area contributed by atoms with Crippen LogP contribution >= 0.6 is 23.8 Å². The molecule has 2 saturated heterocycles. The Morgan fingerprint density at radius 1 is 1.42 bits per heavy atom. The number of hydrogen-bond acceptors (Lipinski definition) is 5. The van der Waals surface area contributed by atoms with Gasteiger partial charge < -0.3 is 20.3 Å². The zero-order chi connectivity index (χ0) is 16.9. The van der Waals surface area contributed by atoms with Crippen LogP contribution in [-0.4, -0.2) is 47.4 Å². The summed E-state index contributed by atoms with van der Waals surface area (Å²) in [6.07, 6.45) is 4.85. The van der Waals surface area contributed by atoms with Gasteiger partial charge in [0.25, 0.3) is 0 Å². The van der Waals surface area contributed by atoms with Crippen molar-refractivity contribution >= 4 is 40.7 Å². The second-order valence-electron chi connectivity index (χ2n) is 6.54. The van der Waals surface area contributed by atoms with Gasteiger partial charge in [-0.2, -0.15) is 4.98 Å². The molecule has 2 atom stereocenters. The summed E-state index contributed by atoms with van der Waals surface area (Å²) in [4.78, 5) is 11.1. The molecular formula is C16H24ClN5OS. The van der Waals surface area contributed by atoms with Crippen molar-refractivity contribution in [2.75, 3.05) is 36.5 Å². The Labute approximate surface area is 153 Å². The van der Waals surface area contributed by atoms with Crippen molar-refractivity contribution in [3.05, 3.63) is 11.2 Å². The van der Waals surface area contributed by atoms with E-state index in [1.165, 1.54) is 12.8 Å². The van der Waals surface area contributed by atoms with Crippen LogP contribution in [0.5, 0.6) is 0 Å². The standard InChI is InChI=1S/C16H24ClN5OS/c1-11-4-2-6-22(10-11)14-8-13(17)19-15(20-14)21-16(24)18-9-12-5-3-7-23-12/h8,11-12H,2-7,9-10H2,1H3,(H2,18,19,20,21,24)/t11-,12+/m1/s1. The largest absolute Gasteiger partial charge is 0.376 e. The number of ether oxygens (including phenoxy) is 1. The number of hydrogen-bond donors (Lipinski definition) is 2. The van der Waals surface area contributed by atoms with Crippen molar-refractivity contribution in [1.29, 1.82) is 0 Å². The average molecular weight is 370 g/mol. The number of halogens is 1. The Balaban J connectivity index is 1.59. The van der Waals surface area contributed by atoms with E-state index >= 15 is 0 Å². The van der Waals surface area contributed by atoms with E-state index in [0.29, 0.717) is 28.7 Å². The molecule has 0 saturated carbocycles. The van der Waals surface area contributed by atoms with Crippen molar-refractivity contribution < 1.29 is 4.74 Å². The van der Waals surface area contributed by atoms with Crippen molar-refractivity contribution in [2.45, 2.75) is 38.7 Å². The lowest BCUT2D eigenvalue weighted by molar-refractivity contribution is 0.114. The zero-order valence-corrected chi connectivity index (χ0v) is 15.5. The Kier molecular flexibility index (Phi) is 6.08. The predicted molar refractivity (Wildman–Crippen MR) is 101 cm³/mol. The molecule has 1 aromatic rings. The number of nitrogens with zero attached hydrogens (tertiary/aromatic N) is 3. The molecule has 0 unspecified atom stereocenters. The third kappa shape index (κ3) is 4.91. The quantitative estimate of drug-likeness (QED) is 0.625. The molecule has 8 heteroatoms. The fourth-order valence-electron chi connectivity index (χ4n) is 3.18. The summed E-state index contributed by atoms with van der Waals surface area (Å²) in [5.41, 5.74) is 0. The maximum Gasteiger partial charge on any atom is 0.232 e. The third-order valence-electron chi connectivity index (χ3n) is 4.40. The molecule has 24 heavy (non-hydrogen) atoms. The lowest BCUT2D eigenvalue weighted by Crippen LogP contribution is -2.36. The van der Waals surface area contributed by atoms with E-state index in [2.05, 4.69) is 32.4 Å². The van der Waals surface area contributed by atoms with Gasteiger partial charge in [0, 0.05) is 32.3 Å². The van der Waals surface area contributed by atoms with Crippen molar-refractivity contribution in [1.82, 2.24) is 15.3 Å². The second-order valence-corrected chi connectivity index (χ2v) is 7.33. The summed E-state index contributed by atoms with van der Waals surface area (Å²) in [5, 5.41) is 7.10. The molecule has 0 bridgehead atoms. The van der Waals surface area contributed by atoms with Crippen LogP contribution in [0.1, 0.15) is 32.6 Å². The fraction of sp³-hybridized carbons (Fsp3) is 0.688. The van der Waals surface area contributed by atoms with Gasteiger partial charge in [-0.15, -0.1) is 0 Å². The van der Waals surface area contributed by atoms with Gasteiger partial charge in [0.05, 0.1) is 6.10 Å². The van der Waals surface area contributed by atoms with Gasteiger partial charge in [-0.1, -0.05) is 18.5 Å². The lowest BCUT2D eigenvalue weighted by atomic mass is 10.0. The van der Waals surface area contributed by atoms with Crippen LogP contribution in [0.4, 0.5) is 11.8 Å². The van der Waals surface area contributed by atoms with E-state index in [1.807, 2.05) is 6.07 Å². The summed E-state index contributed by atoms with van der Waals surface area (Å²) in [6, 6.07) is 1.81. The van der Waals surface area contributed by atoms with E-state index in [9.17, 15) is 0 Å². The molecular weight excluding hydrogens is 346 g/mol. The number of anilines is 2. The smallest absolute Gasteiger partial charge is 0.232 e. The number of aromatic nitrogens is 2. The Hall–Kier alpha value is -1.18. The Morgan fingerprint density at radius 2 is 2.29 bits per heavy atom. The summed E-state index contributed by atoms with van der Waals surface area (Å²) in [5.74, 6) is 1.95. The third-order valence-corrected chi connectivity index (χ3v) is 4.84. The number of piperidine rings is 1. The van der Waals surface area contributed by atoms with Crippen LogP contribution in [0, 0.1) is 5.92 Å². The molecule has 0 spiro atoms. The van der Waals surface area contributed by atoms with E-state index in [0.717, 1.165) is 38.4 Å². The van der Waals surface area contributed by atoms with Crippen molar-refractivity contribution in [2.24, 2.45) is 5.92 Å². The highest BCUT2D eigenvalue weighted by Crippen LogP contribution is 2.24. The maximum atomic E-state index is 6.17. The summed E-state index contributed by atoms with van der Waals surface area (Å²) in [7, 11) is 0. The molecule has 0 aliphatic carbocycles. The van der Waals surface area contributed by atoms with Crippen LogP contribution in [-0.2, 0) is 4.74 Å². The van der Waals surface area contributed by atoms with Gasteiger partial charge in [0.15, 0.2) is 5.11 Å². The van der Waals surface area contributed by atoms with Crippen LogP contribution in [0.15, 0.2) is 6.07 Å². The van der Waals surface area contributed by atoms with Crippen LogP contribution < -0.4 is 15.5 Å². The van der Waals surface area contributed by atoms with Gasteiger partial charge in [-0.25, -0.2) is 4.98 Å². The van der Waals surface area contributed by atoms with Crippen LogP contribution in [0.25, 0.3) is 0 Å². The second kappa shape index (κ2) is 8.27. The van der Waals surface area contributed by atoms with E-state index in [1.54, 1.807) is 0 Å². The Morgan fingerprint density at radius 3 is 3.04 bits per heavy atom. The molecule has 2 aliphatic rings. The molecule has 0 radical (unpaired) electrons. The first-order valence-electron chi connectivity index (χ1n) is 8.56. The minimum absolute atomic E-state index is 0.232. The van der Waals surface area contributed by atoms with Crippen molar-refractivity contribution in [3.63, 3.8) is 0 Å². The average Bonchev–Trinajstić information content (AvgIpc) is 3.06. The molecule has 3 heterocycles. The van der Waals surface area contributed by atoms with Gasteiger partial charge in [-0.05, 0) is 43.8 Å². The minimum Gasteiger partial charge on any atom is -0.376 e. The first kappa shape index (κ1) is 17.6. The molecule has 1 aromatic heterocycles. The summed E-state index contributed by atoms with van der Waals surface area (Å²) >= 11 is 11.5. The normalized spacial score (nSPS) is 24.0. The van der Waals surface area contributed by atoms with E-state index in [-0.39, 0.29) is 6.10 Å². The molecule has 2 fully saturated rings. The van der Waals surface area contributed by atoms with Gasteiger partial charge in [-0.3, -0.25) is 0 Å². The molecule has 0 aromatic carbocycles.